The van der Waals surface area contributed by atoms with E-state index in [0.717, 1.165) is 53.7 Å². The fraction of sp³-hybridized carbons (Fsp3) is 0.424. The van der Waals surface area contributed by atoms with E-state index in [1.54, 1.807) is 26.4 Å². The average Bonchev–Trinajstić information content (AvgIpc) is 3.27. The molecule has 0 heterocycles. The molecule has 5 rings (SSSR count). The highest BCUT2D eigenvalue weighted by Crippen LogP contribution is 2.57. The van der Waals surface area contributed by atoms with Gasteiger partial charge in [0.05, 0.1) is 19.1 Å². The molecule has 2 aliphatic carbocycles. The molecule has 39 heavy (non-hydrogen) atoms. The van der Waals surface area contributed by atoms with E-state index in [4.69, 9.17) is 14.2 Å². The highest BCUT2D eigenvalue weighted by molar-refractivity contribution is 5.75. The van der Waals surface area contributed by atoms with Crippen LogP contribution < -0.4 is 9.47 Å². The molecule has 1 fully saturated rings. The lowest BCUT2D eigenvalue weighted by Gasteiger charge is -2.45. The Bertz CT molecular complexity index is 1390. The second kappa shape index (κ2) is 10.3. The van der Waals surface area contributed by atoms with Crippen molar-refractivity contribution in [3.63, 3.8) is 0 Å². The Labute approximate surface area is 229 Å². The van der Waals surface area contributed by atoms with Crippen LogP contribution in [-0.4, -0.2) is 25.3 Å². The lowest BCUT2D eigenvalue weighted by atomic mass is 9.57. The number of fused-ring (bicyclic) bond motifs is 2. The lowest BCUT2D eigenvalue weighted by molar-refractivity contribution is -0.149. The number of carboxylic acid groups (broad SMARTS) is 1. The number of aliphatic carboxylic acids is 1. The maximum atomic E-state index is 15.0. The first-order chi connectivity index (χ1) is 18.6. The fourth-order valence-electron chi connectivity index (χ4n) is 6.55. The topological polar surface area (TPSA) is 65.0 Å². The van der Waals surface area contributed by atoms with Crippen molar-refractivity contribution in [1.82, 2.24) is 0 Å². The van der Waals surface area contributed by atoms with E-state index in [9.17, 15) is 9.90 Å². The minimum atomic E-state index is -0.702. The molecule has 0 amide bonds. The van der Waals surface area contributed by atoms with Gasteiger partial charge in [-0.15, -0.1) is 0 Å². The summed E-state index contributed by atoms with van der Waals surface area (Å²) in [5.41, 5.74) is 4.89. The van der Waals surface area contributed by atoms with Crippen molar-refractivity contribution in [2.75, 3.05) is 14.2 Å². The smallest absolute Gasteiger partial charge is 0.307 e. The molecule has 3 aromatic rings. The zero-order valence-electron chi connectivity index (χ0n) is 23.3. The standard InChI is InChI=1S/C33H37FO5/c1-32(2,3)30(38-5)26-16-20(6-10-24(26)25-17-22(37-4)9-11-29(25)34)19-39-23-8-7-21-12-14-33(28(21)18-23)15-13-27(33)31(35)36/h6-11,16-18,27,30H,12-15,19H2,1-5H3,(H,35,36)/t27?,30-,33+/m0/s1. The normalized spacial score (nSPS) is 20.8. The molecule has 2 aliphatic rings. The molecule has 1 saturated carbocycles. The number of rotatable bonds is 8. The molecule has 3 atom stereocenters. The summed E-state index contributed by atoms with van der Waals surface area (Å²) in [6.45, 7) is 6.62. The third kappa shape index (κ3) is 4.91. The van der Waals surface area contributed by atoms with Crippen molar-refractivity contribution in [3.05, 3.63) is 82.7 Å². The predicted octanol–water partition coefficient (Wildman–Crippen LogP) is 7.49. The Balaban J connectivity index is 1.46. The number of hydrogen-bond acceptors (Lipinski definition) is 4. The van der Waals surface area contributed by atoms with E-state index < -0.39 is 5.97 Å². The molecular formula is C33H37FO5. The van der Waals surface area contributed by atoms with Crippen LogP contribution >= 0.6 is 0 Å². The summed E-state index contributed by atoms with van der Waals surface area (Å²) in [5.74, 6) is -0.0285. The van der Waals surface area contributed by atoms with Crippen LogP contribution in [0.15, 0.2) is 54.6 Å². The molecule has 1 spiro atoms. The van der Waals surface area contributed by atoms with Gasteiger partial charge in [0.2, 0.25) is 0 Å². The number of benzene rings is 3. The Morgan fingerprint density at radius 1 is 1.03 bits per heavy atom. The van der Waals surface area contributed by atoms with Crippen molar-refractivity contribution >= 4 is 5.97 Å². The number of carboxylic acids is 1. The molecule has 206 valence electrons. The van der Waals surface area contributed by atoms with Crippen molar-refractivity contribution in [2.45, 2.75) is 64.6 Å². The number of methoxy groups -OCH3 is 2. The summed E-state index contributed by atoms with van der Waals surface area (Å²) in [6, 6.07) is 16.8. The van der Waals surface area contributed by atoms with E-state index >= 15 is 4.39 Å². The van der Waals surface area contributed by atoms with Crippen LogP contribution in [0.1, 0.15) is 68.4 Å². The third-order valence-electron chi connectivity index (χ3n) is 8.59. The molecule has 0 aliphatic heterocycles. The van der Waals surface area contributed by atoms with E-state index in [0.29, 0.717) is 17.9 Å². The zero-order chi connectivity index (χ0) is 27.9. The van der Waals surface area contributed by atoms with Crippen LogP contribution in [-0.2, 0) is 28.0 Å². The summed E-state index contributed by atoms with van der Waals surface area (Å²) in [7, 11) is 3.25. The van der Waals surface area contributed by atoms with Crippen LogP contribution in [0.25, 0.3) is 11.1 Å². The molecule has 0 saturated heterocycles. The van der Waals surface area contributed by atoms with Gasteiger partial charge in [0, 0.05) is 18.1 Å². The summed E-state index contributed by atoms with van der Waals surface area (Å²) in [4.78, 5) is 11.8. The highest BCUT2D eigenvalue weighted by Gasteiger charge is 2.54. The number of carbonyl (C=O) groups is 1. The van der Waals surface area contributed by atoms with Crippen molar-refractivity contribution in [1.29, 1.82) is 0 Å². The first kappa shape index (κ1) is 27.2. The van der Waals surface area contributed by atoms with Crippen molar-refractivity contribution < 1.29 is 28.5 Å². The van der Waals surface area contributed by atoms with Crippen LogP contribution in [0.4, 0.5) is 4.39 Å². The van der Waals surface area contributed by atoms with Gasteiger partial charge in [-0.05, 0) is 95.3 Å². The van der Waals surface area contributed by atoms with Gasteiger partial charge in [-0.2, -0.15) is 0 Å². The summed E-state index contributed by atoms with van der Waals surface area (Å²) in [5, 5.41) is 9.73. The Kier molecular flexibility index (Phi) is 7.19. The van der Waals surface area contributed by atoms with Crippen LogP contribution in [0, 0.1) is 17.2 Å². The molecule has 1 N–H and O–H groups in total. The van der Waals surface area contributed by atoms with Crippen LogP contribution in [0.5, 0.6) is 11.5 Å². The van der Waals surface area contributed by atoms with Gasteiger partial charge in [-0.25, -0.2) is 4.39 Å². The second-order valence-corrected chi connectivity index (χ2v) is 11.9. The fourth-order valence-corrected chi connectivity index (χ4v) is 6.55. The van der Waals surface area contributed by atoms with Gasteiger partial charge < -0.3 is 19.3 Å². The zero-order valence-corrected chi connectivity index (χ0v) is 23.3. The lowest BCUT2D eigenvalue weighted by Crippen LogP contribution is -2.46. The molecule has 0 radical (unpaired) electrons. The maximum Gasteiger partial charge on any atom is 0.307 e. The molecule has 0 aromatic heterocycles. The quantitative estimate of drug-likeness (QED) is 0.326. The largest absolute Gasteiger partial charge is 0.497 e. The Morgan fingerprint density at radius 3 is 2.44 bits per heavy atom. The van der Waals surface area contributed by atoms with Gasteiger partial charge in [-0.1, -0.05) is 39.0 Å². The second-order valence-electron chi connectivity index (χ2n) is 11.9. The Hall–Kier alpha value is -3.38. The van der Waals surface area contributed by atoms with E-state index in [1.807, 2.05) is 30.3 Å². The van der Waals surface area contributed by atoms with Gasteiger partial charge in [-0.3, -0.25) is 4.79 Å². The monoisotopic (exact) mass is 532 g/mol. The molecule has 0 bridgehead atoms. The molecule has 5 nitrogen and oxygen atoms in total. The average molecular weight is 533 g/mol. The third-order valence-corrected chi connectivity index (χ3v) is 8.59. The first-order valence-corrected chi connectivity index (χ1v) is 13.6. The first-order valence-electron chi connectivity index (χ1n) is 13.6. The predicted molar refractivity (Wildman–Crippen MR) is 149 cm³/mol. The molecular weight excluding hydrogens is 495 g/mol. The summed E-state index contributed by atoms with van der Waals surface area (Å²) in [6.07, 6.45) is 3.16. The van der Waals surface area contributed by atoms with E-state index in [2.05, 4.69) is 26.8 Å². The van der Waals surface area contributed by atoms with Crippen LogP contribution in [0.2, 0.25) is 0 Å². The van der Waals surface area contributed by atoms with Crippen molar-refractivity contribution in [3.8, 4) is 22.6 Å². The van der Waals surface area contributed by atoms with E-state index in [1.165, 1.54) is 11.6 Å². The number of aryl methyl sites for hydroxylation is 1. The Morgan fingerprint density at radius 2 is 1.79 bits per heavy atom. The molecule has 6 heteroatoms. The van der Waals surface area contributed by atoms with Crippen LogP contribution in [0.3, 0.4) is 0 Å². The van der Waals surface area contributed by atoms with Gasteiger partial charge in [0.15, 0.2) is 0 Å². The van der Waals surface area contributed by atoms with Gasteiger partial charge in [0.25, 0.3) is 0 Å². The summed E-state index contributed by atoms with van der Waals surface area (Å²) < 4.78 is 32.6. The SMILES string of the molecule is COc1ccc(F)c(-c2ccc(COc3ccc4c(c3)[C@]3(CC4)CCC3C(=O)O)cc2[C@H](OC)C(C)(C)C)c1. The minimum Gasteiger partial charge on any atom is -0.497 e. The minimum absolute atomic E-state index is 0.240. The molecule has 3 aromatic carbocycles. The van der Waals surface area contributed by atoms with E-state index in [-0.39, 0.29) is 28.7 Å². The van der Waals surface area contributed by atoms with Gasteiger partial charge >= 0.3 is 5.97 Å². The van der Waals surface area contributed by atoms with Crippen molar-refractivity contribution in [2.24, 2.45) is 11.3 Å². The maximum absolute atomic E-state index is 15.0. The summed E-state index contributed by atoms with van der Waals surface area (Å²) >= 11 is 0. The molecule has 1 unspecified atom stereocenters. The number of ether oxygens (including phenoxy) is 3. The number of halogens is 1. The number of hydrogen-bond donors (Lipinski definition) is 1. The highest BCUT2D eigenvalue weighted by atomic mass is 19.1. The van der Waals surface area contributed by atoms with Gasteiger partial charge in [0.1, 0.15) is 23.9 Å².